The van der Waals surface area contributed by atoms with Gasteiger partial charge in [0.15, 0.2) is 6.10 Å². The first kappa shape index (κ1) is 13.9. The molecule has 0 aliphatic heterocycles. The maximum absolute atomic E-state index is 10.8. The highest BCUT2D eigenvalue weighted by Crippen LogP contribution is 2.25. The second-order valence-corrected chi connectivity index (χ2v) is 3.85. The Morgan fingerprint density at radius 3 is 2.78 bits per heavy atom. The number of anilines is 1. The summed E-state index contributed by atoms with van der Waals surface area (Å²) in [4.78, 5) is 20.6. The molecule has 0 saturated heterocycles. The monoisotopic (exact) mass is 254 g/mol. The van der Waals surface area contributed by atoms with Crippen LogP contribution in [-0.4, -0.2) is 33.8 Å². The van der Waals surface area contributed by atoms with Gasteiger partial charge in [0.05, 0.1) is 4.92 Å². The van der Waals surface area contributed by atoms with Crippen molar-refractivity contribution in [3.8, 4) is 0 Å². The number of aryl methyl sites for hydroxylation is 1. The Morgan fingerprint density at radius 1 is 1.56 bits per heavy atom. The number of aliphatic hydroxyl groups is 1. The molecule has 7 heteroatoms. The number of nitrogens with zero attached hydrogens (tertiary/aromatic N) is 1. The maximum atomic E-state index is 10.8. The molecule has 1 aromatic rings. The summed E-state index contributed by atoms with van der Waals surface area (Å²) >= 11 is 0. The normalized spacial score (nSPS) is 11.9. The predicted molar refractivity (Wildman–Crippen MR) is 64.6 cm³/mol. The molecule has 7 nitrogen and oxygen atoms in total. The van der Waals surface area contributed by atoms with Crippen molar-refractivity contribution < 1.29 is 19.9 Å². The Kier molecular flexibility index (Phi) is 4.61. The minimum atomic E-state index is -1.47. The van der Waals surface area contributed by atoms with Crippen LogP contribution in [0.1, 0.15) is 12.0 Å². The van der Waals surface area contributed by atoms with E-state index in [1.165, 1.54) is 6.07 Å². The maximum Gasteiger partial charge on any atom is 0.332 e. The van der Waals surface area contributed by atoms with Crippen LogP contribution >= 0.6 is 0 Å². The van der Waals surface area contributed by atoms with E-state index in [4.69, 9.17) is 10.2 Å². The summed E-state index contributed by atoms with van der Waals surface area (Å²) in [6, 6.07) is 4.60. The van der Waals surface area contributed by atoms with Crippen LogP contribution in [0.2, 0.25) is 0 Å². The van der Waals surface area contributed by atoms with Gasteiger partial charge in [-0.1, -0.05) is 6.07 Å². The van der Waals surface area contributed by atoms with Crippen LogP contribution in [-0.2, 0) is 4.79 Å². The molecule has 0 amide bonds. The van der Waals surface area contributed by atoms with Gasteiger partial charge in [0.1, 0.15) is 5.69 Å². The molecular weight excluding hydrogens is 240 g/mol. The van der Waals surface area contributed by atoms with Gasteiger partial charge in [0.25, 0.3) is 5.69 Å². The van der Waals surface area contributed by atoms with Crippen molar-refractivity contribution in [3.05, 3.63) is 33.9 Å². The average molecular weight is 254 g/mol. The Bertz CT molecular complexity index is 461. The fourth-order valence-electron chi connectivity index (χ4n) is 1.42. The number of nitrogens with one attached hydrogen (secondary N) is 1. The van der Waals surface area contributed by atoms with E-state index in [1.807, 2.05) is 0 Å². The van der Waals surface area contributed by atoms with Crippen LogP contribution in [0.4, 0.5) is 11.4 Å². The summed E-state index contributed by atoms with van der Waals surface area (Å²) < 4.78 is 0. The number of benzene rings is 1. The summed E-state index contributed by atoms with van der Waals surface area (Å²) in [5.41, 5.74) is 1.09. The van der Waals surface area contributed by atoms with Gasteiger partial charge in [-0.15, -0.1) is 0 Å². The predicted octanol–water partition coefficient (Wildman–Crippen LogP) is 1.15. The number of hydrogen-bond donors (Lipinski definition) is 3. The Morgan fingerprint density at radius 2 is 2.22 bits per heavy atom. The second kappa shape index (κ2) is 5.97. The van der Waals surface area contributed by atoms with Crippen molar-refractivity contribution in [2.45, 2.75) is 19.4 Å². The molecule has 3 N–H and O–H groups in total. The van der Waals surface area contributed by atoms with Crippen LogP contribution in [0.3, 0.4) is 0 Å². The van der Waals surface area contributed by atoms with E-state index in [0.717, 1.165) is 5.56 Å². The third kappa shape index (κ3) is 3.70. The van der Waals surface area contributed by atoms with Crippen molar-refractivity contribution in [1.82, 2.24) is 0 Å². The summed E-state index contributed by atoms with van der Waals surface area (Å²) in [5.74, 6) is -1.31. The molecular formula is C11H14N2O5. The van der Waals surface area contributed by atoms with E-state index in [2.05, 4.69) is 5.32 Å². The molecule has 0 radical (unpaired) electrons. The Balaban J connectivity index is 2.69. The SMILES string of the molecule is Cc1ccc([N+](=O)[O-])c(NCC[C@@H](O)C(=O)O)c1. The van der Waals surface area contributed by atoms with Gasteiger partial charge in [-0.2, -0.15) is 0 Å². The van der Waals surface area contributed by atoms with Gasteiger partial charge < -0.3 is 15.5 Å². The lowest BCUT2D eigenvalue weighted by Crippen LogP contribution is -2.22. The third-order valence-electron chi connectivity index (χ3n) is 2.37. The van der Waals surface area contributed by atoms with E-state index in [1.54, 1.807) is 19.1 Å². The summed E-state index contributed by atoms with van der Waals surface area (Å²) in [6.45, 7) is 1.93. The molecule has 0 aliphatic rings. The summed E-state index contributed by atoms with van der Waals surface area (Å²) in [5, 5.41) is 31.1. The van der Waals surface area contributed by atoms with Crippen molar-refractivity contribution in [1.29, 1.82) is 0 Å². The van der Waals surface area contributed by atoms with Crippen molar-refractivity contribution in [2.24, 2.45) is 0 Å². The van der Waals surface area contributed by atoms with E-state index in [9.17, 15) is 14.9 Å². The average Bonchev–Trinajstić information content (AvgIpc) is 2.28. The van der Waals surface area contributed by atoms with Crippen LogP contribution in [0.25, 0.3) is 0 Å². The minimum Gasteiger partial charge on any atom is -0.479 e. The molecule has 1 atom stereocenters. The van der Waals surface area contributed by atoms with Crippen LogP contribution < -0.4 is 5.32 Å². The Hall–Kier alpha value is -2.15. The molecule has 1 rings (SSSR count). The number of aliphatic carboxylic acids is 1. The molecule has 1 aromatic carbocycles. The topological polar surface area (TPSA) is 113 Å². The number of nitro benzene ring substituents is 1. The quantitative estimate of drug-likeness (QED) is 0.518. The van der Waals surface area contributed by atoms with E-state index in [0.29, 0.717) is 5.69 Å². The van der Waals surface area contributed by atoms with Crippen LogP contribution in [0.15, 0.2) is 18.2 Å². The highest BCUT2D eigenvalue weighted by atomic mass is 16.6. The number of hydrogen-bond acceptors (Lipinski definition) is 5. The number of carboxylic acids is 1. The lowest BCUT2D eigenvalue weighted by atomic mass is 10.2. The lowest BCUT2D eigenvalue weighted by Gasteiger charge is -2.09. The number of carboxylic acid groups (broad SMARTS) is 1. The Labute approximate surface area is 103 Å². The van der Waals surface area contributed by atoms with Gasteiger partial charge in [0, 0.05) is 19.0 Å². The fraction of sp³-hybridized carbons (Fsp3) is 0.364. The highest BCUT2D eigenvalue weighted by Gasteiger charge is 2.15. The van der Waals surface area contributed by atoms with Crippen molar-refractivity contribution >= 4 is 17.3 Å². The van der Waals surface area contributed by atoms with Crippen molar-refractivity contribution in [3.63, 3.8) is 0 Å². The van der Waals surface area contributed by atoms with Gasteiger partial charge in [-0.05, 0) is 18.6 Å². The highest BCUT2D eigenvalue weighted by molar-refractivity contribution is 5.72. The molecule has 0 fully saturated rings. The van der Waals surface area contributed by atoms with Crippen molar-refractivity contribution in [2.75, 3.05) is 11.9 Å². The summed E-state index contributed by atoms with van der Waals surface area (Å²) in [6.07, 6.45) is -1.50. The third-order valence-corrected chi connectivity index (χ3v) is 2.37. The van der Waals surface area contributed by atoms with Gasteiger partial charge in [-0.3, -0.25) is 10.1 Å². The first-order valence-corrected chi connectivity index (χ1v) is 5.31. The minimum absolute atomic E-state index is 0.0274. The van der Waals surface area contributed by atoms with E-state index < -0.39 is 17.0 Å². The molecule has 0 aliphatic carbocycles. The molecule has 98 valence electrons. The van der Waals surface area contributed by atoms with Gasteiger partial charge in [0.2, 0.25) is 0 Å². The van der Waals surface area contributed by atoms with Crippen LogP contribution in [0, 0.1) is 17.0 Å². The van der Waals surface area contributed by atoms with E-state index >= 15 is 0 Å². The van der Waals surface area contributed by atoms with Crippen LogP contribution in [0.5, 0.6) is 0 Å². The number of nitro groups is 1. The zero-order chi connectivity index (χ0) is 13.7. The second-order valence-electron chi connectivity index (χ2n) is 3.85. The zero-order valence-electron chi connectivity index (χ0n) is 9.79. The molecule has 0 aromatic heterocycles. The zero-order valence-corrected chi connectivity index (χ0v) is 9.79. The first-order valence-electron chi connectivity index (χ1n) is 5.31. The number of carbonyl (C=O) groups is 1. The first-order chi connectivity index (χ1) is 8.41. The standard InChI is InChI=1S/C11H14N2O5/c1-7-2-3-9(13(17)18)8(6-7)12-5-4-10(14)11(15)16/h2-3,6,10,12,14H,4-5H2,1H3,(H,15,16)/t10-/m1/s1. The number of aliphatic hydroxyl groups excluding tert-OH is 1. The van der Waals surface area contributed by atoms with E-state index in [-0.39, 0.29) is 18.7 Å². The van der Waals surface area contributed by atoms with Gasteiger partial charge >= 0.3 is 5.97 Å². The largest absolute Gasteiger partial charge is 0.479 e. The lowest BCUT2D eigenvalue weighted by molar-refractivity contribution is -0.384. The summed E-state index contributed by atoms with van der Waals surface area (Å²) in [7, 11) is 0. The molecule has 18 heavy (non-hydrogen) atoms. The fourth-order valence-corrected chi connectivity index (χ4v) is 1.42. The molecule has 0 saturated carbocycles. The van der Waals surface area contributed by atoms with Gasteiger partial charge in [-0.25, -0.2) is 4.79 Å². The molecule has 0 bridgehead atoms. The molecule has 0 unspecified atom stereocenters. The molecule has 0 spiro atoms. The number of rotatable bonds is 6. The molecule has 0 heterocycles. The smallest absolute Gasteiger partial charge is 0.332 e.